The molecule has 0 aliphatic carbocycles. The molecule has 0 aliphatic heterocycles. The molecular formula is C14H15N3O5. The van der Waals surface area contributed by atoms with Crippen LogP contribution in [0.25, 0.3) is 10.9 Å². The van der Waals surface area contributed by atoms with Gasteiger partial charge in [0.2, 0.25) is 5.91 Å². The van der Waals surface area contributed by atoms with E-state index < -0.39 is 36.2 Å². The van der Waals surface area contributed by atoms with Gasteiger partial charge in [-0.15, -0.1) is 0 Å². The molecule has 1 aromatic heterocycles. The number of aliphatic carboxylic acids is 1. The Bertz CT molecular complexity index is 836. The van der Waals surface area contributed by atoms with Crippen LogP contribution in [0.5, 0.6) is 0 Å². The zero-order valence-corrected chi connectivity index (χ0v) is 11.9. The Labute approximate surface area is 124 Å². The number of hydrogen-bond donors (Lipinski definition) is 2. The predicted octanol–water partition coefficient (Wildman–Crippen LogP) is -0.377. The topological polar surface area (TPSA) is 112 Å². The Morgan fingerprint density at radius 2 is 1.95 bits per heavy atom. The van der Waals surface area contributed by atoms with Crippen molar-refractivity contribution in [3.63, 3.8) is 0 Å². The molecule has 0 bridgehead atoms. The maximum atomic E-state index is 12.3. The van der Waals surface area contributed by atoms with E-state index in [1.54, 1.807) is 31.2 Å². The summed E-state index contributed by atoms with van der Waals surface area (Å²) < 4.78 is 0.773. The number of amides is 1. The molecule has 22 heavy (non-hydrogen) atoms. The second-order valence-corrected chi connectivity index (χ2v) is 4.67. The van der Waals surface area contributed by atoms with Gasteiger partial charge in [0.1, 0.15) is 13.1 Å². The zero-order chi connectivity index (χ0) is 16.3. The maximum absolute atomic E-state index is 12.3. The van der Waals surface area contributed by atoms with Crippen LogP contribution in [-0.4, -0.2) is 44.5 Å². The summed E-state index contributed by atoms with van der Waals surface area (Å²) in [5.41, 5.74) is -0.901. The van der Waals surface area contributed by atoms with Gasteiger partial charge in [0.25, 0.3) is 5.56 Å². The third-order valence-electron chi connectivity index (χ3n) is 3.24. The zero-order valence-electron chi connectivity index (χ0n) is 11.9. The highest BCUT2D eigenvalue weighted by Crippen LogP contribution is 2.03. The van der Waals surface area contributed by atoms with Gasteiger partial charge in [-0.1, -0.05) is 12.1 Å². The molecular weight excluding hydrogens is 290 g/mol. The van der Waals surface area contributed by atoms with Crippen molar-refractivity contribution in [2.45, 2.75) is 13.5 Å². The summed E-state index contributed by atoms with van der Waals surface area (Å²) in [5, 5.41) is 9.04. The van der Waals surface area contributed by atoms with Crippen molar-refractivity contribution in [2.75, 3.05) is 13.1 Å². The molecule has 0 atom stereocenters. The van der Waals surface area contributed by atoms with E-state index in [9.17, 15) is 19.2 Å². The molecule has 116 valence electrons. The van der Waals surface area contributed by atoms with Crippen LogP contribution >= 0.6 is 0 Å². The molecule has 0 fully saturated rings. The highest BCUT2D eigenvalue weighted by molar-refractivity contribution is 5.82. The first kappa shape index (κ1) is 15.5. The summed E-state index contributed by atoms with van der Waals surface area (Å²) in [6.45, 7) is 0.815. The second kappa shape index (κ2) is 6.25. The largest absolute Gasteiger partial charge is 0.480 e. The lowest BCUT2D eigenvalue weighted by molar-refractivity contribution is -0.144. The fourth-order valence-electron chi connectivity index (χ4n) is 2.12. The van der Waals surface area contributed by atoms with Crippen LogP contribution in [-0.2, 0) is 16.1 Å². The van der Waals surface area contributed by atoms with Crippen LogP contribution in [0.3, 0.4) is 0 Å². The molecule has 0 unspecified atom stereocenters. The Balaban J connectivity index is 2.39. The van der Waals surface area contributed by atoms with Crippen LogP contribution in [0.2, 0.25) is 0 Å². The fourth-order valence-corrected chi connectivity index (χ4v) is 2.12. The molecule has 0 radical (unpaired) electrons. The standard InChI is InChI=1S/C14H15N3O5/c1-2-16(8-12(19)20)11(18)7-17-13(21)9-5-3-4-6-10(9)15-14(17)22/h3-6H,2,7-8H2,1H3,(H,15,22)(H,19,20). The van der Waals surface area contributed by atoms with Gasteiger partial charge in [0.15, 0.2) is 0 Å². The summed E-state index contributed by atoms with van der Waals surface area (Å²) in [6, 6.07) is 6.46. The fraction of sp³-hybridized carbons (Fsp3) is 0.286. The van der Waals surface area contributed by atoms with E-state index in [-0.39, 0.29) is 11.9 Å². The summed E-state index contributed by atoms with van der Waals surface area (Å²) in [6.07, 6.45) is 0. The number of benzene rings is 1. The Morgan fingerprint density at radius 1 is 1.27 bits per heavy atom. The molecule has 2 N–H and O–H groups in total. The molecule has 0 saturated carbocycles. The SMILES string of the molecule is CCN(CC(=O)O)C(=O)Cn1c(=O)[nH]c2ccccc2c1=O. The average molecular weight is 305 g/mol. The Hall–Kier alpha value is -2.90. The van der Waals surface area contributed by atoms with E-state index in [2.05, 4.69) is 4.98 Å². The molecule has 2 aromatic rings. The molecule has 1 heterocycles. The molecule has 0 aliphatic rings. The van der Waals surface area contributed by atoms with Crippen LogP contribution in [0.4, 0.5) is 0 Å². The Morgan fingerprint density at radius 3 is 2.59 bits per heavy atom. The lowest BCUT2D eigenvalue weighted by Gasteiger charge is -2.18. The number of aromatic nitrogens is 2. The minimum atomic E-state index is -1.16. The minimum absolute atomic E-state index is 0.172. The van der Waals surface area contributed by atoms with Gasteiger partial charge in [-0.2, -0.15) is 0 Å². The third-order valence-corrected chi connectivity index (χ3v) is 3.24. The summed E-state index contributed by atoms with van der Waals surface area (Å²) >= 11 is 0. The molecule has 8 heteroatoms. The number of nitrogens with one attached hydrogen (secondary N) is 1. The average Bonchev–Trinajstić information content (AvgIpc) is 2.48. The highest BCUT2D eigenvalue weighted by atomic mass is 16.4. The molecule has 1 amide bonds. The van der Waals surface area contributed by atoms with E-state index in [1.807, 2.05) is 0 Å². The number of carbonyl (C=O) groups excluding carboxylic acids is 1. The van der Waals surface area contributed by atoms with E-state index >= 15 is 0 Å². The number of carbonyl (C=O) groups is 2. The van der Waals surface area contributed by atoms with Crippen molar-refractivity contribution >= 4 is 22.8 Å². The van der Waals surface area contributed by atoms with E-state index in [4.69, 9.17) is 5.11 Å². The summed E-state index contributed by atoms with van der Waals surface area (Å²) in [4.78, 5) is 50.6. The van der Waals surface area contributed by atoms with Crippen LogP contribution in [0.1, 0.15) is 6.92 Å². The van der Waals surface area contributed by atoms with Crippen molar-refractivity contribution < 1.29 is 14.7 Å². The van der Waals surface area contributed by atoms with Crippen molar-refractivity contribution in [1.29, 1.82) is 0 Å². The summed E-state index contributed by atoms with van der Waals surface area (Å²) in [7, 11) is 0. The lowest BCUT2D eigenvalue weighted by atomic mass is 10.2. The number of likely N-dealkylation sites (N-methyl/N-ethyl adjacent to an activating group) is 1. The predicted molar refractivity (Wildman–Crippen MR) is 78.7 cm³/mol. The van der Waals surface area contributed by atoms with E-state index in [0.29, 0.717) is 5.52 Å². The first-order valence-electron chi connectivity index (χ1n) is 6.65. The first-order valence-corrected chi connectivity index (χ1v) is 6.65. The molecule has 8 nitrogen and oxygen atoms in total. The van der Waals surface area contributed by atoms with Crippen molar-refractivity contribution in [1.82, 2.24) is 14.5 Å². The number of nitrogens with zero attached hydrogens (tertiary/aromatic N) is 2. The number of rotatable bonds is 5. The number of aromatic amines is 1. The van der Waals surface area contributed by atoms with Gasteiger partial charge in [0.05, 0.1) is 10.9 Å². The van der Waals surface area contributed by atoms with Gasteiger partial charge in [-0.25, -0.2) is 4.79 Å². The van der Waals surface area contributed by atoms with Gasteiger partial charge >= 0.3 is 11.7 Å². The number of hydrogen-bond acceptors (Lipinski definition) is 4. The van der Waals surface area contributed by atoms with Crippen LogP contribution < -0.4 is 11.2 Å². The van der Waals surface area contributed by atoms with Crippen LogP contribution in [0.15, 0.2) is 33.9 Å². The third kappa shape index (κ3) is 3.05. The second-order valence-electron chi connectivity index (χ2n) is 4.67. The van der Waals surface area contributed by atoms with E-state index in [1.165, 1.54) is 0 Å². The smallest absolute Gasteiger partial charge is 0.329 e. The van der Waals surface area contributed by atoms with Crippen molar-refractivity contribution in [3.8, 4) is 0 Å². The summed E-state index contributed by atoms with van der Waals surface area (Å²) in [5.74, 6) is -1.76. The Kier molecular flexibility index (Phi) is 4.40. The van der Waals surface area contributed by atoms with Crippen LogP contribution in [0, 0.1) is 0 Å². The lowest BCUT2D eigenvalue weighted by Crippen LogP contribution is -2.43. The normalized spacial score (nSPS) is 10.6. The number of fused-ring (bicyclic) bond motifs is 1. The monoisotopic (exact) mass is 305 g/mol. The number of carboxylic acid groups (broad SMARTS) is 1. The van der Waals surface area contributed by atoms with Gasteiger partial charge < -0.3 is 15.0 Å². The van der Waals surface area contributed by atoms with Gasteiger partial charge in [-0.05, 0) is 19.1 Å². The van der Waals surface area contributed by atoms with Gasteiger partial charge in [0, 0.05) is 6.54 Å². The number of H-pyrrole nitrogens is 1. The molecule has 2 rings (SSSR count). The van der Waals surface area contributed by atoms with Gasteiger partial charge in [-0.3, -0.25) is 19.0 Å². The highest BCUT2D eigenvalue weighted by Gasteiger charge is 2.18. The first-order chi connectivity index (χ1) is 10.4. The minimum Gasteiger partial charge on any atom is -0.480 e. The molecule has 0 spiro atoms. The number of carboxylic acids is 1. The van der Waals surface area contributed by atoms with E-state index in [0.717, 1.165) is 9.47 Å². The molecule has 1 aromatic carbocycles. The maximum Gasteiger partial charge on any atom is 0.329 e. The number of para-hydroxylation sites is 1. The van der Waals surface area contributed by atoms with Crippen molar-refractivity contribution in [2.24, 2.45) is 0 Å². The quantitative estimate of drug-likeness (QED) is 0.782. The molecule has 0 saturated heterocycles. The van der Waals surface area contributed by atoms with Crippen molar-refractivity contribution in [3.05, 3.63) is 45.1 Å².